The van der Waals surface area contributed by atoms with Crippen LogP contribution in [0.5, 0.6) is 0 Å². The number of alkyl carbamates (subject to hydrolysis) is 1. The number of carbonyl (C=O) groups is 2. The molecule has 8 heteroatoms. The Balaban J connectivity index is 1.59. The largest absolute Gasteiger partial charge is 0.444 e. The molecule has 3 aromatic rings. The van der Waals surface area contributed by atoms with Crippen molar-refractivity contribution >= 4 is 33.6 Å². The molecule has 1 aromatic heterocycles. The molecule has 1 heterocycles. The van der Waals surface area contributed by atoms with Gasteiger partial charge in [-0.25, -0.2) is 9.78 Å². The maximum Gasteiger partial charge on any atom is 0.408 e. The van der Waals surface area contributed by atoms with Gasteiger partial charge in [-0.3, -0.25) is 4.79 Å². The highest BCUT2D eigenvalue weighted by Crippen LogP contribution is 2.36. The van der Waals surface area contributed by atoms with Crippen LogP contribution >= 0.6 is 15.9 Å². The average molecular weight is 539 g/mol. The molecular weight excluding hydrogens is 508 g/mol. The van der Waals surface area contributed by atoms with Crippen molar-refractivity contribution < 1.29 is 14.3 Å². The second-order valence-electron chi connectivity index (χ2n) is 9.85. The average Bonchev–Trinajstić information content (AvgIpc) is 3.22. The smallest absolute Gasteiger partial charge is 0.408 e. The van der Waals surface area contributed by atoms with Crippen LogP contribution in [-0.4, -0.2) is 33.2 Å². The summed E-state index contributed by atoms with van der Waals surface area (Å²) in [5, 5.41) is 5.86. The van der Waals surface area contributed by atoms with Crippen molar-refractivity contribution in [3.63, 3.8) is 0 Å². The van der Waals surface area contributed by atoms with E-state index in [1.165, 1.54) is 5.56 Å². The molecule has 0 saturated heterocycles. The Kier molecular flexibility index (Phi) is 7.31. The predicted octanol–water partition coefficient (Wildman–Crippen LogP) is 5.90. The molecule has 0 bridgehead atoms. The van der Waals surface area contributed by atoms with Gasteiger partial charge in [0, 0.05) is 34.2 Å². The number of fused-ring (bicyclic) bond motifs is 1. The zero-order chi connectivity index (χ0) is 25.2. The predicted molar refractivity (Wildman–Crippen MR) is 140 cm³/mol. The first-order chi connectivity index (χ1) is 16.6. The highest BCUT2D eigenvalue weighted by molar-refractivity contribution is 9.10. The van der Waals surface area contributed by atoms with E-state index in [1.807, 2.05) is 48.0 Å². The van der Waals surface area contributed by atoms with Gasteiger partial charge < -0.3 is 19.9 Å². The van der Waals surface area contributed by atoms with Crippen molar-refractivity contribution in [2.45, 2.75) is 64.5 Å². The van der Waals surface area contributed by atoms with E-state index in [0.29, 0.717) is 5.69 Å². The van der Waals surface area contributed by atoms with Crippen LogP contribution in [0.1, 0.15) is 56.5 Å². The number of nitrogens with one attached hydrogen (secondary N) is 2. The van der Waals surface area contributed by atoms with Crippen molar-refractivity contribution in [1.29, 1.82) is 0 Å². The SMILES string of the molecule is Cc1nccn1-c1ccc(NC(=O)[C@@H](NC(=O)OC(C)(C)C)[C@@H]2CCCc3ccc(Br)cc32)cc1. The molecule has 2 aromatic carbocycles. The molecule has 184 valence electrons. The molecule has 0 saturated carbocycles. The Morgan fingerprint density at radius 2 is 1.91 bits per heavy atom. The van der Waals surface area contributed by atoms with Gasteiger partial charge in [0.25, 0.3) is 0 Å². The van der Waals surface area contributed by atoms with Gasteiger partial charge in [-0.15, -0.1) is 0 Å². The minimum Gasteiger partial charge on any atom is -0.444 e. The van der Waals surface area contributed by atoms with Crippen LogP contribution in [-0.2, 0) is 16.0 Å². The maximum atomic E-state index is 13.6. The Hall–Kier alpha value is -3.13. The minimum atomic E-state index is -0.784. The molecule has 0 aliphatic heterocycles. The quantitative estimate of drug-likeness (QED) is 0.423. The van der Waals surface area contributed by atoms with Crippen molar-refractivity contribution in [3.05, 3.63) is 76.3 Å². The van der Waals surface area contributed by atoms with Crippen molar-refractivity contribution in [1.82, 2.24) is 14.9 Å². The van der Waals surface area contributed by atoms with Crippen molar-refractivity contribution in [3.8, 4) is 5.69 Å². The number of aromatic nitrogens is 2. The van der Waals surface area contributed by atoms with Gasteiger partial charge in [0.05, 0.1) is 0 Å². The molecule has 0 radical (unpaired) electrons. The summed E-state index contributed by atoms with van der Waals surface area (Å²) in [5.74, 6) is 0.433. The Morgan fingerprint density at radius 1 is 1.17 bits per heavy atom. The molecule has 0 fully saturated rings. The number of hydrogen-bond donors (Lipinski definition) is 2. The molecule has 2 atom stereocenters. The van der Waals surface area contributed by atoms with Crippen LogP contribution in [0.3, 0.4) is 0 Å². The molecule has 2 amide bonds. The summed E-state index contributed by atoms with van der Waals surface area (Å²) in [6, 6.07) is 12.9. The monoisotopic (exact) mass is 538 g/mol. The van der Waals surface area contributed by atoms with Crippen LogP contribution in [0.2, 0.25) is 0 Å². The maximum absolute atomic E-state index is 13.6. The standard InChI is InChI=1S/C27H31BrN4O3/c1-17-29-14-15-32(17)21-12-10-20(11-13-21)30-25(33)24(31-26(34)35-27(2,3)4)22-7-5-6-18-8-9-19(28)16-23(18)22/h8-16,22,24H,5-7H2,1-4H3,(H,30,33)(H,31,34)/t22-,24+/m1/s1. The van der Waals surface area contributed by atoms with E-state index in [9.17, 15) is 9.59 Å². The number of ether oxygens (including phenoxy) is 1. The first kappa shape index (κ1) is 25.0. The third kappa shape index (κ3) is 6.11. The van der Waals surface area contributed by atoms with Crippen LogP contribution in [0.25, 0.3) is 5.69 Å². The molecular formula is C27H31BrN4O3. The second kappa shape index (κ2) is 10.2. The summed E-state index contributed by atoms with van der Waals surface area (Å²) in [4.78, 5) is 30.5. The van der Waals surface area contributed by atoms with Gasteiger partial charge in [0.2, 0.25) is 5.91 Å². The van der Waals surface area contributed by atoms with E-state index in [0.717, 1.165) is 40.8 Å². The topological polar surface area (TPSA) is 85.3 Å². The normalized spacial score (nSPS) is 16.2. The zero-order valence-electron chi connectivity index (χ0n) is 20.5. The number of hydrogen-bond acceptors (Lipinski definition) is 4. The number of halogens is 1. The molecule has 0 spiro atoms. The Bertz CT molecular complexity index is 1210. The number of anilines is 1. The lowest BCUT2D eigenvalue weighted by molar-refractivity contribution is -0.118. The van der Waals surface area contributed by atoms with E-state index in [4.69, 9.17) is 4.74 Å². The number of carbonyl (C=O) groups excluding carboxylic acids is 2. The summed E-state index contributed by atoms with van der Waals surface area (Å²) in [6.45, 7) is 7.34. The molecule has 7 nitrogen and oxygen atoms in total. The zero-order valence-corrected chi connectivity index (χ0v) is 22.1. The fourth-order valence-corrected chi connectivity index (χ4v) is 4.89. The molecule has 0 unspecified atom stereocenters. The van der Waals surface area contributed by atoms with Gasteiger partial charge in [0.15, 0.2) is 0 Å². The number of imidazole rings is 1. The summed E-state index contributed by atoms with van der Waals surface area (Å²) in [5.41, 5.74) is 3.21. The molecule has 2 N–H and O–H groups in total. The first-order valence-electron chi connectivity index (χ1n) is 11.8. The van der Waals surface area contributed by atoms with Crippen LogP contribution in [0.15, 0.2) is 59.3 Å². The molecule has 1 aliphatic rings. The van der Waals surface area contributed by atoms with Crippen LogP contribution in [0.4, 0.5) is 10.5 Å². The van der Waals surface area contributed by atoms with Crippen molar-refractivity contribution in [2.75, 3.05) is 5.32 Å². The van der Waals surface area contributed by atoms with E-state index in [1.54, 1.807) is 27.0 Å². The number of amides is 2. The highest BCUT2D eigenvalue weighted by atomic mass is 79.9. The Labute approximate surface area is 214 Å². The number of aryl methyl sites for hydroxylation is 2. The molecule has 4 rings (SSSR count). The minimum absolute atomic E-state index is 0.170. The third-order valence-corrected chi connectivity index (χ3v) is 6.56. The van der Waals surface area contributed by atoms with E-state index in [2.05, 4.69) is 43.7 Å². The van der Waals surface area contributed by atoms with Crippen LogP contribution < -0.4 is 10.6 Å². The summed E-state index contributed by atoms with van der Waals surface area (Å²) < 4.78 is 8.41. The Morgan fingerprint density at radius 3 is 2.57 bits per heavy atom. The van der Waals surface area contributed by atoms with E-state index in [-0.39, 0.29) is 11.8 Å². The summed E-state index contributed by atoms with van der Waals surface area (Å²) >= 11 is 3.56. The van der Waals surface area contributed by atoms with E-state index >= 15 is 0 Å². The lowest BCUT2D eigenvalue weighted by atomic mass is 9.78. The fourth-order valence-electron chi connectivity index (χ4n) is 4.51. The summed E-state index contributed by atoms with van der Waals surface area (Å²) in [7, 11) is 0. The number of rotatable bonds is 5. The lowest BCUT2D eigenvalue weighted by Crippen LogP contribution is -2.49. The fraction of sp³-hybridized carbons (Fsp3) is 0.370. The molecule has 35 heavy (non-hydrogen) atoms. The van der Waals surface area contributed by atoms with Crippen LogP contribution in [0, 0.1) is 6.92 Å². The highest BCUT2D eigenvalue weighted by Gasteiger charge is 2.35. The summed E-state index contributed by atoms with van der Waals surface area (Å²) in [6.07, 6.45) is 5.72. The van der Waals surface area contributed by atoms with Gasteiger partial charge in [-0.1, -0.05) is 22.0 Å². The first-order valence-corrected chi connectivity index (χ1v) is 12.6. The van der Waals surface area contributed by atoms with Gasteiger partial charge in [-0.05, 0) is 94.5 Å². The van der Waals surface area contributed by atoms with E-state index < -0.39 is 17.7 Å². The lowest BCUT2D eigenvalue weighted by Gasteiger charge is -2.33. The van der Waals surface area contributed by atoms with Gasteiger partial charge >= 0.3 is 6.09 Å². The van der Waals surface area contributed by atoms with Crippen molar-refractivity contribution in [2.24, 2.45) is 0 Å². The molecule has 1 aliphatic carbocycles. The number of benzene rings is 2. The third-order valence-electron chi connectivity index (χ3n) is 6.06. The van der Waals surface area contributed by atoms with Gasteiger partial charge in [-0.2, -0.15) is 0 Å². The van der Waals surface area contributed by atoms with Gasteiger partial charge in [0.1, 0.15) is 17.5 Å². The number of nitrogens with zero attached hydrogens (tertiary/aromatic N) is 2. The second-order valence-corrected chi connectivity index (χ2v) is 10.8.